The first-order valence-corrected chi connectivity index (χ1v) is 4.65. The highest BCUT2D eigenvalue weighted by Gasteiger charge is 2.55. The van der Waals surface area contributed by atoms with Crippen molar-refractivity contribution in [3.8, 4) is 0 Å². The first kappa shape index (κ1) is 11.3. The van der Waals surface area contributed by atoms with Crippen LogP contribution in [0.15, 0.2) is 0 Å². The summed E-state index contributed by atoms with van der Waals surface area (Å²) >= 11 is 0. The molecule has 0 saturated heterocycles. The smallest absolute Gasteiger partial charge is 0.279 e. The van der Waals surface area contributed by atoms with Crippen molar-refractivity contribution in [2.75, 3.05) is 0 Å². The second-order valence-electron chi connectivity index (χ2n) is 4.13. The van der Waals surface area contributed by atoms with Gasteiger partial charge in [-0.2, -0.15) is 18.3 Å². The lowest BCUT2D eigenvalue weighted by atomic mass is 9.92. The van der Waals surface area contributed by atoms with Gasteiger partial charge >= 0.3 is 6.18 Å². The van der Waals surface area contributed by atoms with Gasteiger partial charge in [-0.05, 0) is 6.92 Å². The Morgan fingerprint density at radius 1 is 1.38 bits per heavy atom. The first-order valence-electron chi connectivity index (χ1n) is 4.65. The van der Waals surface area contributed by atoms with E-state index in [1.54, 1.807) is 0 Å². The molecule has 0 bridgehead atoms. The minimum absolute atomic E-state index is 0.398. The average Bonchev–Trinajstić information content (AvgIpc) is 2.63. The van der Waals surface area contributed by atoms with Gasteiger partial charge in [0.2, 0.25) is 0 Å². The lowest BCUT2D eigenvalue weighted by molar-refractivity contribution is -0.142. The van der Waals surface area contributed by atoms with E-state index in [0.717, 1.165) is 6.92 Å². The molecule has 0 radical (unpaired) electrons. The molecule has 0 saturated carbocycles. The highest BCUT2D eigenvalue weighted by atomic mass is 19.4. The Labute approximate surface area is 87.8 Å². The zero-order valence-corrected chi connectivity index (χ0v) is 8.49. The topological polar surface area (TPSA) is 28.7 Å². The molecule has 1 aliphatic rings. The van der Waals surface area contributed by atoms with Gasteiger partial charge in [-0.15, -0.1) is 0 Å². The summed E-state index contributed by atoms with van der Waals surface area (Å²) in [5, 5.41) is 4.96. The summed E-state index contributed by atoms with van der Waals surface area (Å²) < 4.78 is 64.8. The predicted octanol–water partition coefficient (Wildman–Crippen LogP) is 3.28. The molecule has 0 aliphatic heterocycles. The van der Waals surface area contributed by atoms with Crippen LogP contribution in [0, 0.1) is 0 Å². The monoisotopic (exact) mass is 240 g/mol. The van der Waals surface area contributed by atoms with Gasteiger partial charge < -0.3 is 0 Å². The molecule has 1 aromatic rings. The number of aromatic amines is 1. The minimum Gasteiger partial charge on any atom is -0.279 e. The Morgan fingerprint density at radius 2 is 1.94 bits per heavy atom. The van der Waals surface area contributed by atoms with E-state index < -0.39 is 40.9 Å². The van der Waals surface area contributed by atoms with Crippen LogP contribution in [0.1, 0.15) is 42.9 Å². The molecule has 90 valence electrons. The number of H-pyrrole nitrogens is 1. The maximum atomic E-state index is 13.8. The number of hydrogen-bond donors (Lipinski definition) is 1. The van der Waals surface area contributed by atoms with E-state index in [0.29, 0.717) is 0 Å². The predicted molar refractivity (Wildman–Crippen MR) is 45.4 cm³/mol. The van der Waals surface area contributed by atoms with Crippen molar-refractivity contribution >= 4 is 0 Å². The van der Waals surface area contributed by atoms with Gasteiger partial charge in [0.15, 0.2) is 17.5 Å². The number of fused-ring (bicyclic) bond motifs is 1. The van der Waals surface area contributed by atoms with E-state index in [-0.39, 0.29) is 0 Å². The van der Waals surface area contributed by atoms with E-state index >= 15 is 0 Å². The average molecular weight is 240 g/mol. The maximum absolute atomic E-state index is 13.8. The lowest BCUT2D eigenvalue weighted by Gasteiger charge is -2.22. The van der Waals surface area contributed by atoms with Crippen molar-refractivity contribution in [2.24, 2.45) is 0 Å². The SMILES string of the molecule is C[C@H]1c2c(C(F)(F)F)n[nH]c2[C@H](F)C1(C)F. The van der Waals surface area contributed by atoms with Crippen molar-refractivity contribution in [2.45, 2.75) is 37.8 Å². The number of rotatable bonds is 0. The Kier molecular flexibility index (Phi) is 2.09. The lowest BCUT2D eigenvalue weighted by Crippen LogP contribution is -2.26. The largest absolute Gasteiger partial charge is 0.435 e. The summed E-state index contributed by atoms with van der Waals surface area (Å²) in [5.41, 5.74) is -4.35. The highest BCUT2D eigenvalue weighted by molar-refractivity contribution is 5.41. The van der Waals surface area contributed by atoms with Gasteiger partial charge in [-0.3, -0.25) is 5.10 Å². The van der Waals surface area contributed by atoms with Crippen molar-refractivity contribution in [1.82, 2.24) is 10.2 Å². The van der Waals surface area contributed by atoms with Gasteiger partial charge in [-0.25, -0.2) is 8.78 Å². The van der Waals surface area contributed by atoms with Gasteiger partial charge in [0.25, 0.3) is 0 Å². The third-order valence-electron chi connectivity index (χ3n) is 3.13. The summed E-state index contributed by atoms with van der Waals surface area (Å²) in [6.45, 7) is 2.18. The van der Waals surface area contributed by atoms with Crippen LogP contribution in [-0.2, 0) is 6.18 Å². The fourth-order valence-corrected chi connectivity index (χ4v) is 2.00. The molecule has 1 N–H and O–H groups in total. The minimum atomic E-state index is -4.70. The Morgan fingerprint density at radius 3 is 2.44 bits per heavy atom. The van der Waals surface area contributed by atoms with E-state index in [1.165, 1.54) is 6.92 Å². The molecule has 7 heteroatoms. The van der Waals surface area contributed by atoms with Gasteiger partial charge in [0.1, 0.15) is 0 Å². The summed E-state index contributed by atoms with van der Waals surface area (Å²) in [4.78, 5) is 0. The normalized spacial score (nSPS) is 34.2. The molecule has 1 aromatic heterocycles. The molecule has 16 heavy (non-hydrogen) atoms. The molecular weight excluding hydrogens is 231 g/mol. The number of halogens is 5. The molecule has 2 nitrogen and oxygen atoms in total. The third-order valence-corrected chi connectivity index (χ3v) is 3.13. The molecule has 1 heterocycles. The fraction of sp³-hybridized carbons (Fsp3) is 0.667. The van der Waals surface area contributed by atoms with Crippen LogP contribution in [0.5, 0.6) is 0 Å². The standard InChI is InChI=1S/C9H9F5N2/c1-3-4-5(6(10)8(3,2)11)15-16-7(4)9(12,13)14/h3,6H,1-2H3,(H,15,16)/t3-,6-,8?/m0/s1. The Bertz CT molecular complexity index is 420. The van der Waals surface area contributed by atoms with Crippen molar-refractivity contribution < 1.29 is 22.0 Å². The summed E-state index contributed by atoms with van der Waals surface area (Å²) in [6, 6.07) is 0. The summed E-state index contributed by atoms with van der Waals surface area (Å²) in [5.74, 6) is -1.17. The molecule has 2 rings (SSSR count). The second-order valence-corrected chi connectivity index (χ2v) is 4.13. The number of hydrogen-bond acceptors (Lipinski definition) is 1. The second kappa shape index (κ2) is 2.95. The van der Waals surface area contributed by atoms with Gasteiger partial charge in [0.05, 0.1) is 5.69 Å². The quantitative estimate of drug-likeness (QED) is 0.692. The van der Waals surface area contributed by atoms with E-state index in [1.807, 2.05) is 5.10 Å². The van der Waals surface area contributed by atoms with Crippen molar-refractivity contribution in [1.29, 1.82) is 0 Å². The molecule has 0 fully saturated rings. The van der Waals surface area contributed by atoms with Crippen molar-refractivity contribution in [3.05, 3.63) is 17.0 Å². The van der Waals surface area contributed by atoms with E-state index in [2.05, 4.69) is 5.10 Å². The van der Waals surface area contributed by atoms with Crippen LogP contribution in [0.4, 0.5) is 22.0 Å². The Balaban J connectivity index is 2.59. The van der Waals surface area contributed by atoms with E-state index in [9.17, 15) is 22.0 Å². The van der Waals surface area contributed by atoms with Crippen molar-refractivity contribution in [3.63, 3.8) is 0 Å². The molecule has 1 aliphatic carbocycles. The van der Waals surface area contributed by atoms with Crippen LogP contribution in [0.25, 0.3) is 0 Å². The van der Waals surface area contributed by atoms with Crippen LogP contribution in [-0.4, -0.2) is 15.9 Å². The number of alkyl halides is 5. The van der Waals surface area contributed by atoms with Crippen LogP contribution >= 0.6 is 0 Å². The zero-order chi connectivity index (χ0) is 12.3. The first-order chi connectivity index (χ1) is 7.17. The van der Waals surface area contributed by atoms with Crippen LogP contribution in [0.2, 0.25) is 0 Å². The summed E-state index contributed by atoms with van der Waals surface area (Å²) in [7, 11) is 0. The van der Waals surface area contributed by atoms with Gasteiger partial charge in [-0.1, -0.05) is 6.92 Å². The molecule has 0 amide bonds. The third kappa shape index (κ3) is 1.26. The highest BCUT2D eigenvalue weighted by Crippen LogP contribution is 2.54. The number of aromatic nitrogens is 2. The Hall–Kier alpha value is -1.14. The van der Waals surface area contributed by atoms with Gasteiger partial charge in [0, 0.05) is 11.5 Å². The maximum Gasteiger partial charge on any atom is 0.435 e. The number of nitrogens with one attached hydrogen (secondary N) is 1. The van der Waals surface area contributed by atoms with E-state index in [4.69, 9.17) is 0 Å². The van der Waals surface area contributed by atoms with Crippen LogP contribution < -0.4 is 0 Å². The zero-order valence-electron chi connectivity index (χ0n) is 8.49. The molecular formula is C9H9F5N2. The molecule has 0 aromatic carbocycles. The summed E-state index contributed by atoms with van der Waals surface area (Å²) in [6.07, 6.45) is -6.79. The van der Waals surface area contributed by atoms with Crippen LogP contribution in [0.3, 0.4) is 0 Å². The number of nitrogens with zero attached hydrogens (tertiary/aromatic N) is 1. The fourth-order valence-electron chi connectivity index (χ4n) is 2.00. The molecule has 1 unspecified atom stereocenters. The molecule has 3 atom stereocenters. The molecule has 0 spiro atoms.